The van der Waals surface area contributed by atoms with Gasteiger partial charge in [0.2, 0.25) is 0 Å². The van der Waals surface area contributed by atoms with Gasteiger partial charge in [-0.2, -0.15) is 0 Å². The Balaban J connectivity index is 0.000000304. The lowest BCUT2D eigenvalue weighted by atomic mass is 9.80. The zero-order valence-corrected chi connectivity index (χ0v) is 25.2. The first-order valence-corrected chi connectivity index (χ1v) is 14.5. The normalized spacial score (nSPS) is 12.9. The third kappa shape index (κ3) is 12.1. The molecule has 5 rings (SSSR count). The Morgan fingerprint density at radius 2 is 1.75 bits per heavy atom. The Morgan fingerprint density at radius 1 is 1.05 bits per heavy atom. The first-order valence-electron chi connectivity index (χ1n) is 13.7. The van der Waals surface area contributed by atoms with Gasteiger partial charge < -0.3 is 16.8 Å². The number of hydrogen-bond donors (Lipinski definition) is 3. The Hall–Kier alpha value is -3.53. The Labute approximate surface area is 242 Å². The third-order valence-corrected chi connectivity index (χ3v) is 6.89. The molecule has 0 aliphatic heterocycles. The van der Waals surface area contributed by atoms with Gasteiger partial charge in [-0.3, -0.25) is 19.6 Å². The predicted molar refractivity (Wildman–Crippen MR) is 168 cm³/mol. The van der Waals surface area contributed by atoms with Crippen LogP contribution in [0.2, 0.25) is 0 Å². The minimum atomic E-state index is 0.368. The highest BCUT2D eigenvalue weighted by Gasteiger charge is 2.22. The maximum absolute atomic E-state index is 10.8. The van der Waals surface area contributed by atoms with Crippen LogP contribution in [0, 0.1) is 11.8 Å². The van der Waals surface area contributed by atoms with Gasteiger partial charge in [0, 0.05) is 49.3 Å². The first-order chi connectivity index (χ1) is 19.4. The Morgan fingerprint density at radius 3 is 2.23 bits per heavy atom. The molecule has 3 aromatic heterocycles. The number of para-hydroxylation sites is 1. The van der Waals surface area contributed by atoms with Crippen molar-refractivity contribution in [1.29, 1.82) is 0 Å². The average Bonchev–Trinajstić information content (AvgIpc) is 3.44. The fourth-order valence-electron chi connectivity index (χ4n) is 3.77. The van der Waals surface area contributed by atoms with Crippen LogP contribution in [0.15, 0.2) is 61.1 Å². The fourth-order valence-corrected chi connectivity index (χ4v) is 4.62. The Bertz CT molecular complexity index is 1230. The van der Waals surface area contributed by atoms with Crippen LogP contribution in [0.1, 0.15) is 65.5 Å². The lowest BCUT2D eigenvalue weighted by Gasteiger charge is -2.26. The maximum atomic E-state index is 10.8. The number of anilines is 1. The lowest BCUT2D eigenvalue weighted by Crippen LogP contribution is -2.19. The van der Waals surface area contributed by atoms with E-state index in [1.165, 1.54) is 47.6 Å². The summed E-state index contributed by atoms with van der Waals surface area (Å²) < 4.78 is 0. The van der Waals surface area contributed by atoms with Gasteiger partial charge in [0.15, 0.2) is 12.6 Å². The molecule has 1 atom stereocenters. The van der Waals surface area contributed by atoms with Crippen LogP contribution in [0.25, 0.3) is 10.2 Å². The quantitative estimate of drug-likeness (QED) is 0.258. The smallest absolute Gasteiger partial charge is 0.170 e. The number of pyridine rings is 1. The number of aldehydes is 2. The molecule has 0 spiro atoms. The molecule has 4 aromatic rings. The molecule has 1 aromatic carbocycles. The van der Waals surface area contributed by atoms with Crippen LogP contribution in [0.5, 0.6) is 0 Å². The molecule has 1 aliphatic carbocycles. The number of carbonyl (C=O) groups is 2. The van der Waals surface area contributed by atoms with Gasteiger partial charge in [0.1, 0.15) is 10.5 Å². The summed E-state index contributed by atoms with van der Waals surface area (Å²) in [4.78, 5) is 34.6. The van der Waals surface area contributed by atoms with Gasteiger partial charge in [-0.25, -0.2) is 4.98 Å². The van der Waals surface area contributed by atoms with Crippen LogP contribution < -0.4 is 16.8 Å². The maximum Gasteiger partial charge on any atom is 0.170 e. The number of thiophene rings is 1. The summed E-state index contributed by atoms with van der Waals surface area (Å²) in [6.07, 6.45) is 9.46. The van der Waals surface area contributed by atoms with Gasteiger partial charge in [-0.1, -0.05) is 45.9 Å². The molecule has 0 amide bonds. The molecule has 9 heteroatoms. The van der Waals surface area contributed by atoms with Crippen LogP contribution in [0.3, 0.4) is 0 Å². The van der Waals surface area contributed by atoms with Gasteiger partial charge in [-0.05, 0) is 60.9 Å². The standard InChI is InChI=1S/C15H17NOS.C7H9N.C5H4N2O.C2H8N2.C2H6/c1-9(2)10-3-4-14-11(5-10)6-12-7-13(8-17)18-15(12)16-14;1-8-7-5-3-2-4-6-7;8-4-5-3-6-1-2-7-5;3-1-2-4;1-2/h6-10H,3-5H2,1-2H3;2-6,8H,1H3;1-4H;1-4H2;1-2H3. The molecule has 3 heterocycles. The Kier molecular flexibility index (Phi) is 17.6. The summed E-state index contributed by atoms with van der Waals surface area (Å²) >= 11 is 1.50. The summed E-state index contributed by atoms with van der Waals surface area (Å²) in [5.41, 5.74) is 14.0. The molecule has 5 N–H and O–H groups in total. The van der Waals surface area contributed by atoms with Crippen molar-refractivity contribution in [2.24, 2.45) is 23.3 Å². The summed E-state index contributed by atoms with van der Waals surface area (Å²) in [7, 11) is 1.91. The van der Waals surface area contributed by atoms with Crippen LogP contribution in [-0.2, 0) is 12.8 Å². The monoisotopic (exact) mass is 564 g/mol. The zero-order chi connectivity index (χ0) is 29.8. The van der Waals surface area contributed by atoms with E-state index in [1.807, 2.05) is 57.3 Å². The number of nitrogens with one attached hydrogen (secondary N) is 1. The van der Waals surface area contributed by atoms with Crippen LogP contribution in [0.4, 0.5) is 5.69 Å². The van der Waals surface area contributed by atoms with E-state index in [2.05, 4.69) is 35.2 Å². The molecule has 40 heavy (non-hydrogen) atoms. The number of aryl methyl sites for hydroxylation is 1. The number of benzene rings is 1. The number of carbonyl (C=O) groups excluding carboxylic acids is 2. The van der Waals surface area contributed by atoms with Crippen molar-refractivity contribution >= 4 is 39.8 Å². The average molecular weight is 565 g/mol. The summed E-state index contributed by atoms with van der Waals surface area (Å²) in [6.45, 7) is 9.80. The first kappa shape index (κ1) is 34.5. The molecule has 0 saturated carbocycles. The van der Waals surface area contributed by atoms with Crippen LogP contribution >= 0.6 is 11.3 Å². The number of nitrogens with two attached hydrogens (primary N) is 2. The molecule has 0 saturated heterocycles. The van der Waals surface area contributed by atoms with Gasteiger partial charge in [-0.15, -0.1) is 11.3 Å². The molecular formula is C31H44N6O2S. The number of aromatic nitrogens is 3. The van der Waals surface area contributed by atoms with E-state index in [0.717, 1.165) is 51.7 Å². The highest BCUT2D eigenvalue weighted by Crippen LogP contribution is 2.33. The number of hydrogen-bond acceptors (Lipinski definition) is 9. The minimum Gasteiger partial charge on any atom is -0.388 e. The van der Waals surface area contributed by atoms with E-state index >= 15 is 0 Å². The molecule has 1 unspecified atom stereocenters. The fraction of sp³-hybridized carbons (Fsp3) is 0.387. The van der Waals surface area contributed by atoms with E-state index in [9.17, 15) is 9.59 Å². The van der Waals surface area contributed by atoms with Crippen molar-refractivity contribution in [3.05, 3.63) is 82.9 Å². The molecule has 8 nitrogen and oxygen atoms in total. The summed E-state index contributed by atoms with van der Waals surface area (Å²) in [6, 6.07) is 14.3. The van der Waals surface area contributed by atoms with E-state index in [-0.39, 0.29) is 0 Å². The summed E-state index contributed by atoms with van der Waals surface area (Å²) in [5, 5.41) is 4.16. The number of rotatable bonds is 5. The molecule has 1 aliphatic rings. The van der Waals surface area contributed by atoms with E-state index in [1.54, 1.807) is 0 Å². The van der Waals surface area contributed by atoms with Crippen molar-refractivity contribution < 1.29 is 9.59 Å². The SMILES string of the molecule is CC.CC(C)C1CCc2nc3sc(C=O)cc3cc2C1.CNc1ccccc1.NCCN.O=Cc1cnccn1. The second-order valence-corrected chi connectivity index (χ2v) is 10.0. The number of nitrogens with zero attached hydrogens (tertiary/aromatic N) is 3. The molecule has 0 fully saturated rings. The predicted octanol–water partition coefficient (Wildman–Crippen LogP) is 5.82. The summed E-state index contributed by atoms with van der Waals surface area (Å²) in [5.74, 6) is 1.52. The van der Waals surface area contributed by atoms with Crippen molar-refractivity contribution in [1.82, 2.24) is 15.0 Å². The highest BCUT2D eigenvalue weighted by molar-refractivity contribution is 7.20. The minimum absolute atomic E-state index is 0.368. The molecular weight excluding hydrogens is 520 g/mol. The van der Waals surface area contributed by atoms with Crippen molar-refractivity contribution in [3.63, 3.8) is 0 Å². The topological polar surface area (TPSA) is 137 Å². The van der Waals surface area contributed by atoms with Crippen molar-refractivity contribution in [3.8, 4) is 0 Å². The van der Waals surface area contributed by atoms with Crippen LogP contribution in [-0.4, -0.2) is 47.7 Å². The van der Waals surface area contributed by atoms with Gasteiger partial charge in [0.25, 0.3) is 0 Å². The molecule has 0 radical (unpaired) electrons. The van der Waals surface area contributed by atoms with Gasteiger partial charge >= 0.3 is 0 Å². The molecule has 216 valence electrons. The van der Waals surface area contributed by atoms with Gasteiger partial charge in [0.05, 0.1) is 11.1 Å². The van der Waals surface area contributed by atoms with E-state index in [4.69, 9.17) is 16.5 Å². The molecule has 0 bridgehead atoms. The third-order valence-electron chi connectivity index (χ3n) is 5.92. The zero-order valence-electron chi connectivity index (χ0n) is 24.3. The van der Waals surface area contributed by atoms with E-state index in [0.29, 0.717) is 25.1 Å². The number of fused-ring (bicyclic) bond motifs is 2. The highest BCUT2D eigenvalue weighted by atomic mass is 32.1. The van der Waals surface area contributed by atoms with E-state index < -0.39 is 0 Å². The van der Waals surface area contributed by atoms with Crippen molar-refractivity contribution in [2.75, 3.05) is 25.5 Å². The second-order valence-electron chi connectivity index (χ2n) is 8.94. The second kappa shape index (κ2) is 20.4. The van der Waals surface area contributed by atoms with Crippen molar-refractivity contribution in [2.45, 2.75) is 47.0 Å². The lowest BCUT2D eigenvalue weighted by molar-refractivity contribution is 0.111. The largest absolute Gasteiger partial charge is 0.388 e.